The Hall–Kier alpha value is -1.59. The number of methoxy groups -OCH3 is 1. The number of likely N-dealkylation sites (tertiary alicyclic amines) is 2. The third kappa shape index (κ3) is 4.53. The topological polar surface area (TPSA) is 44.8 Å². The van der Waals surface area contributed by atoms with Crippen LogP contribution >= 0.6 is 0 Å². The molecule has 1 aromatic rings. The van der Waals surface area contributed by atoms with E-state index in [-0.39, 0.29) is 5.91 Å². The van der Waals surface area contributed by atoms with Crippen molar-refractivity contribution in [2.45, 2.75) is 51.6 Å². The van der Waals surface area contributed by atoms with Gasteiger partial charge in [0.05, 0.1) is 12.8 Å². The molecule has 5 heteroatoms. The summed E-state index contributed by atoms with van der Waals surface area (Å²) < 4.78 is 5.32. The Kier molecular flexibility index (Phi) is 5.97. The quantitative estimate of drug-likeness (QED) is 0.861. The van der Waals surface area contributed by atoms with Crippen LogP contribution in [0.2, 0.25) is 0 Å². The van der Waals surface area contributed by atoms with Crippen LogP contribution in [0.4, 0.5) is 5.69 Å². The largest absolute Gasteiger partial charge is 0.495 e. The number of carbonyl (C=O) groups excluding carboxylic acids is 1. The van der Waals surface area contributed by atoms with E-state index in [1.54, 1.807) is 7.11 Å². The molecule has 138 valence electrons. The number of nitrogens with zero attached hydrogens (tertiary/aromatic N) is 2. The number of anilines is 1. The van der Waals surface area contributed by atoms with Gasteiger partial charge in [-0.2, -0.15) is 0 Å². The van der Waals surface area contributed by atoms with Gasteiger partial charge in [0.2, 0.25) is 5.91 Å². The van der Waals surface area contributed by atoms with E-state index in [0.717, 1.165) is 36.9 Å². The summed E-state index contributed by atoms with van der Waals surface area (Å²) in [7, 11) is 1.63. The Labute approximate surface area is 151 Å². The Morgan fingerprint density at radius 2 is 2.12 bits per heavy atom. The molecule has 1 atom stereocenters. The van der Waals surface area contributed by atoms with Crippen molar-refractivity contribution in [1.82, 2.24) is 9.80 Å². The minimum Gasteiger partial charge on any atom is -0.495 e. The van der Waals surface area contributed by atoms with Crippen molar-refractivity contribution < 1.29 is 9.53 Å². The first-order chi connectivity index (χ1) is 12.1. The maximum absolute atomic E-state index is 12.3. The van der Waals surface area contributed by atoms with Crippen LogP contribution in [0.5, 0.6) is 5.75 Å². The highest BCUT2D eigenvalue weighted by atomic mass is 16.5. The lowest BCUT2D eigenvalue weighted by Crippen LogP contribution is -2.62. The molecule has 0 spiro atoms. The van der Waals surface area contributed by atoms with Gasteiger partial charge in [-0.25, -0.2) is 0 Å². The molecule has 2 fully saturated rings. The highest BCUT2D eigenvalue weighted by Gasteiger charge is 2.34. The van der Waals surface area contributed by atoms with Crippen LogP contribution in [-0.2, 0) is 4.79 Å². The first-order valence-corrected chi connectivity index (χ1v) is 9.49. The fourth-order valence-electron chi connectivity index (χ4n) is 3.99. The second-order valence-corrected chi connectivity index (χ2v) is 7.50. The standard InChI is InChI=1S/C20H31N3O2/c1-15-7-8-19(25-3)18(12-15)21-20(24)9-11-22-13-17(14-22)23-10-5-4-6-16(23)2/h7-8,12,16-17H,4-6,9-11,13-14H2,1-3H3,(H,21,24). The van der Waals surface area contributed by atoms with Crippen LogP contribution < -0.4 is 10.1 Å². The molecule has 0 aromatic heterocycles. The summed E-state index contributed by atoms with van der Waals surface area (Å²) in [6.45, 7) is 8.64. The summed E-state index contributed by atoms with van der Waals surface area (Å²) in [4.78, 5) is 17.3. The highest BCUT2D eigenvalue weighted by Crippen LogP contribution is 2.26. The van der Waals surface area contributed by atoms with E-state index >= 15 is 0 Å². The Morgan fingerprint density at radius 3 is 2.84 bits per heavy atom. The van der Waals surface area contributed by atoms with Gasteiger partial charge in [-0.1, -0.05) is 12.5 Å². The minimum atomic E-state index is 0.0543. The Morgan fingerprint density at radius 1 is 1.32 bits per heavy atom. The first kappa shape index (κ1) is 18.2. The monoisotopic (exact) mass is 345 g/mol. The fourth-order valence-corrected chi connectivity index (χ4v) is 3.99. The zero-order valence-electron chi connectivity index (χ0n) is 15.8. The van der Waals surface area contributed by atoms with E-state index in [0.29, 0.717) is 18.2 Å². The smallest absolute Gasteiger partial charge is 0.225 e. The second-order valence-electron chi connectivity index (χ2n) is 7.50. The van der Waals surface area contributed by atoms with Gasteiger partial charge in [0.15, 0.2) is 0 Å². The van der Waals surface area contributed by atoms with E-state index in [1.807, 2.05) is 25.1 Å². The second kappa shape index (κ2) is 8.19. The molecule has 2 aliphatic heterocycles. The molecular formula is C20H31N3O2. The summed E-state index contributed by atoms with van der Waals surface area (Å²) in [5.41, 5.74) is 1.87. The highest BCUT2D eigenvalue weighted by molar-refractivity contribution is 5.92. The summed E-state index contributed by atoms with van der Waals surface area (Å²) >= 11 is 0. The van der Waals surface area contributed by atoms with E-state index in [2.05, 4.69) is 22.0 Å². The van der Waals surface area contributed by atoms with Crippen molar-refractivity contribution in [3.63, 3.8) is 0 Å². The van der Waals surface area contributed by atoms with Crippen LogP contribution in [0.15, 0.2) is 18.2 Å². The van der Waals surface area contributed by atoms with Crippen molar-refractivity contribution in [1.29, 1.82) is 0 Å². The number of nitrogens with one attached hydrogen (secondary N) is 1. The van der Waals surface area contributed by atoms with Gasteiger partial charge in [-0.05, 0) is 50.9 Å². The number of ether oxygens (including phenoxy) is 1. The molecular weight excluding hydrogens is 314 g/mol. The summed E-state index contributed by atoms with van der Waals surface area (Å²) in [5.74, 6) is 0.765. The number of aryl methyl sites for hydroxylation is 1. The van der Waals surface area contributed by atoms with Crippen LogP contribution in [0, 0.1) is 6.92 Å². The molecule has 1 unspecified atom stereocenters. The van der Waals surface area contributed by atoms with Crippen LogP contribution in [0.1, 0.15) is 38.2 Å². The van der Waals surface area contributed by atoms with Crippen LogP contribution in [0.3, 0.4) is 0 Å². The van der Waals surface area contributed by atoms with E-state index < -0.39 is 0 Å². The summed E-state index contributed by atoms with van der Waals surface area (Å²) in [5, 5.41) is 2.99. The average molecular weight is 345 g/mol. The van der Waals surface area contributed by atoms with Gasteiger partial charge in [0.1, 0.15) is 5.75 Å². The van der Waals surface area contributed by atoms with Gasteiger partial charge >= 0.3 is 0 Å². The fraction of sp³-hybridized carbons (Fsp3) is 0.650. The van der Waals surface area contributed by atoms with Gasteiger partial charge < -0.3 is 10.1 Å². The summed E-state index contributed by atoms with van der Waals surface area (Å²) in [6.07, 6.45) is 4.56. The molecule has 2 aliphatic rings. The molecule has 3 rings (SSSR count). The van der Waals surface area contributed by atoms with Gasteiger partial charge in [-0.15, -0.1) is 0 Å². The molecule has 2 heterocycles. The SMILES string of the molecule is COc1ccc(C)cc1NC(=O)CCN1CC(N2CCCCC2C)C1. The van der Waals surface area contributed by atoms with Crippen molar-refractivity contribution in [2.24, 2.45) is 0 Å². The Balaban J connectivity index is 1.41. The normalized spacial score (nSPS) is 22.4. The maximum Gasteiger partial charge on any atom is 0.225 e. The molecule has 0 radical (unpaired) electrons. The molecule has 1 amide bonds. The predicted octanol–water partition coefficient (Wildman–Crippen LogP) is 2.89. The van der Waals surface area contributed by atoms with Gasteiger partial charge in [-0.3, -0.25) is 14.6 Å². The lowest BCUT2D eigenvalue weighted by molar-refractivity contribution is -0.117. The molecule has 0 aliphatic carbocycles. The van der Waals surface area contributed by atoms with Crippen LogP contribution in [0.25, 0.3) is 0 Å². The minimum absolute atomic E-state index is 0.0543. The lowest BCUT2D eigenvalue weighted by Gasteiger charge is -2.49. The number of hydrogen-bond donors (Lipinski definition) is 1. The zero-order valence-corrected chi connectivity index (χ0v) is 15.8. The zero-order chi connectivity index (χ0) is 17.8. The number of amides is 1. The van der Waals surface area contributed by atoms with Gasteiger partial charge in [0, 0.05) is 38.1 Å². The molecule has 1 aromatic carbocycles. The average Bonchev–Trinajstić information content (AvgIpc) is 2.55. The molecule has 0 saturated carbocycles. The number of benzene rings is 1. The molecule has 2 saturated heterocycles. The molecule has 25 heavy (non-hydrogen) atoms. The molecule has 0 bridgehead atoms. The van der Waals surface area contributed by atoms with Crippen molar-refractivity contribution in [3.05, 3.63) is 23.8 Å². The molecule has 1 N–H and O–H groups in total. The summed E-state index contributed by atoms with van der Waals surface area (Å²) in [6, 6.07) is 7.24. The number of hydrogen-bond acceptors (Lipinski definition) is 4. The van der Waals surface area contributed by atoms with Crippen LogP contribution in [-0.4, -0.2) is 61.1 Å². The Bertz CT molecular complexity index is 599. The third-order valence-electron chi connectivity index (χ3n) is 5.55. The molecule has 5 nitrogen and oxygen atoms in total. The number of rotatable bonds is 6. The number of piperidine rings is 1. The predicted molar refractivity (Wildman–Crippen MR) is 101 cm³/mol. The van der Waals surface area contributed by atoms with Crippen molar-refractivity contribution in [3.8, 4) is 5.75 Å². The van der Waals surface area contributed by atoms with Crippen molar-refractivity contribution >= 4 is 11.6 Å². The maximum atomic E-state index is 12.3. The van der Waals surface area contributed by atoms with E-state index in [4.69, 9.17) is 4.74 Å². The number of carbonyl (C=O) groups is 1. The van der Waals surface area contributed by atoms with E-state index in [9.17, 15) is 4.79 Å². The third-order valence-corrected chi connectivity index (χ3v) is 5.55. The van der Waals surface area contributed by atoms with Gasteiger partial charge in [0.25, 0.3) is 0 Å². The van der Waals surface area contributed by atoms with Crippen molar-refractivity contribution in [2.75, 3.05) is 38.6 Å². The lowest BCUT2D eigenvalue weighted by atomic mass is 9.97. The first-order valence-electron chi connectivity index (χ1n) is 9.49. The van der Waals surface area contributed by atoms with E-state index in [1.165, 1.54) is 25.8 Å².